The van der Waals surface area contributed by atoms with Crippen molar-refractivity contribution in [2.45, 2.75) is 19.4 Å². The van der Waals surface area contributed by atoms with Crippen LogP contribution in [0.15, 0.2) is 48.5 Å². The number of halogens is 1. The van der Waals surface area contributed by atoms with Gasteiger partial charge in [-0.05, 0) is 41.8 Å². The Bertz CT molecular complexity index is 805. The largest absolute Gasteiger partial charge is 0.494 e. The van der Waals surface area contributed by atoms with Crippen LogP contribution in [-0.4, -0.2) is 16.6 Å². The first kappa shape index (κ1) is 15.7. The Morgan fingerprint density at radius 3 is 2.57 bits per heavy atom. The first-order valence-electron chi connectivity index (χ1n) is 7.59. The molecule has 2 N–H and O–H groups in total. The van der Waals surface area contributed by atoms with Crippen molar-refractivity contribution in [1.29, 1.82) is 0 Å². The van der Waals surface area contributed by atoms with Gasteiger partial charge in [0.1, 0.15) is 5.75 Å². The van der Waals surface area contributed by atoms with Crippen molar-refractivity contribution in [2.24, 2.45) is 5.73 Å². The highest BCUT2D eigenvalue weighted by Crippen LogP contribution is 2.27. The van der Waals surface area contributed by atoms with E-state index in [1.165, 1.54) is 0 Å². The van der Waals surface area contributed by atoms with Gasteiger partial charge < -0.3 is 10.5 Å². The molecule has 0 aliphatic heterocycles. The highest BCUT2D eigenvalue weighted by Gasteiger charge is 2.16. The third kappa shape index (κ3) is 3.44. The van der Waals surface area contributed by atoms with E-state index in [4.69, 9.17) is 22.1 Å². The molecule has 1 heterocycles. The maximum atomic E-state index is 6.41. The average molecular weight is 328 g/mol. The first-order chi connectivity index (χ1) is 11.2. The van der Waals surface area contributed by atoms with Gasteiger partial charge in [-0.1, -0.05) is 37.3 Å². The van der Waals surface area contributed by atoms with Crippen LogP contribution in [0.25, 0.3) is 10.9 Å². The number of aromatic nitrogens is 2. The predicted molar refractivity (Wildman–Crippen MR) is 92.8 cm³/mol. The van der Waals surface area contributed by atoms with Crippen molar-refractivity contribution in [3.63, 3.8) is 0 Å². The number of ether oxygens (including phenoxy) is 1. The van der Waals surface area contributed by atoms with Crippen molar-refractivity contribution in [3.8, 4) is 5.75 Å². The lowest BCUT2D eigenvalue weighted by Gasteiger charge is -2.15. The molecule has 3 aromatic rings. The summed E-state index contributed by atoms with van der Waals surface area (Å²) in [5.41, 5.74) is 8.88. The zero-order valence-corrected chi connectivity index (χ0v) is 13.6. The second-order valence-corrected chi connectivity index (χ2v) is 5.63. The third-order valence-corrected chi connectivity index (χ3v) is 3.78. The number of hydrogen-bond acceptors (Lipinski definition) is 4. The molecule has 0 bridgehead atoms. The fourth-order valence-corrected chi connectivity index (χ4v) is 2.64. The minimum Gasteiger partial charge on any atom is -0.494 e. The number of hydrogen-bond donors (Lipinski definition) is 1. The quantitative estimate of drug-likeness (QED) is 0.716. The number of fused-ring (bicyclic) bond motifs is 1. The minimum absolute atomic E-state index is 0.206. The second kappa shape index (κ2) is 6.94. The van der Waals surface area contributed by atoms with Crippen LogP contribution in [0.4, 0.5) is 0 Å². The van der Waals surface area contributed by atoms with E-state index in [-0.39, 0.29) is 11.3 Å². The highest BCUT2D eigenvalue weighted by atomic mass is 35.5. The standard InChI is InChI=1S/C18H18ClN3O/c1-2-11-23-13-9-7-12(8-10-13)16(20)17-14-5-3-4-6-15(14)21-18(19)22-17/h3-10,16H,2,11,20H2,1H3. The lowest BCUT2D eigenvalue weighted by molar-refractivity contribution is 0.317. The smallest absolute Gasteiger partial charge is 0.223 e. The number of nitrogens with zero attached hydrogens (tertiary/aromatic N) is 2. The molecule has 1 unspecified atom stereocenters. The van der Waals surface area contributed by atoms with Crippen molar-refractivity contribution < 1.29 is 4.74 Å². The van der Waals surface area contributed by atoms with Crippen LogP contribution in [0.5, 0.6) is 5.75 Å². The topological polar surface area (TPSA) is 61.0 Å². The molecular weight excluding hydrogens is 310 g/mol. The van der Waals surface area contributed by atoms with Crippen molar-refractivity contribution in [2.75, 3.05) is 6.61 Å². The van der Waals surface area contributed by atoms with E-state index in [1.807, 2.05) is 48.5 Å². The Kier molecular flexibility index (Phi) is 4.74. The number of nitrogens with two attached hydrogens (primary N) is 1. The molecule has 0 aliphatic carbocycles. The Labute approximate surface area is 140 Å². The Morgan fingerprint density at radius 2 is 1.83 bits per heavy atom. The van der Waals surface area contributed by atoms with Gasteiger partial charge in [0.15, 0.2) is 0 Å². The monoisotopic (exact) mass is 327 g/mol. The van der Waals surface area contributed by atoms with Gasteiger partial charge in [0.25, 0.3) is 0 Å². The molecule has 0 saturated heterocycles. The van der Waals surface area contributed by atoms with Gasteiger partial charge in [0.05, 0.1) is 23.9 Å². The van der Waals surface area contributed by atoms with Gasteiger partial charge >= 0.3 is 0 Å². The molecule has 0 radical (unpaired) electrons. The molecule has 0 spiro atoms. The molecule has 1 aromatic heterocycles. The van der Waals surface area contributed by atoms with Crippen LogP contribution in [0, 0.1) is 0 Å². The van der Waals surface area contributed by atoms with Crippen LogP contribution in [0.2, 0.25) is 5.28 Å². The van der Waals surface area contributed by atoms with E-state index in [0.29, 0.717) is 6.61 Å². The summed E-state index contributed by atoms with van der Waals surface area (Å²) < 4.78 is 5.60. The normalized spacial score (nSPS) is 12.3. The number of rotatable bonds is 5. The van der Waals surface area contributed by atoms with E-state index in [2.05, 4.69) is 16.9 Å². The predicted octanol–water partition coefficient (Wildman–Crippen LogP) is 4.12. The molecule has 2 aromatic carbocycles. The third-order valence-electron chi connectivity index (χ3n) is 3.61. The second-order valence-electron chi connectivity index (χ2n) is 5.29. The first-order valence-corrected chi connectivity index (χ1v) is 7.97. The summed E-state index contributed by atoms with van der Waals surface area (Å²) in [7, 11) is 0. The van der Waals surface area contributed by atoms with Crippen LogP contribution in [0.1, 0.15) is 30.6 Å². The van der Waals surface area contributed by atoms with Crippen molar-refractivity contribution >= 4 is 22.5 Å². The summed E-state index contributed by atoms with van der Waals surface area (Å²) >= 11 is 6.04. The highest BCUT2D eigenvalue weighted by molar-refractivity contribution is 6.28. The van der Waals surface area contributed by atoms with Gasteiger partial charge in [-0.15, -0.1) is 0 Å². The molecule has 118 valence electrons. The molecule has 0 amide bonds. The fourth-order valence-electron chi connectivity index (χ4n) is 2.46. The van der Waals surface area contributed by atoms with E-state index < -0.39 is 0 Å². The maximum absolute atomic E-state index is 6.41. The number of para-hydroxylation sites is 1. The van der Waals surface area contributed by atoms with Gasteiger partial charge in [-0.25, -0.2) is 9.97 Å². The molecule has 0 saturated carbocycles. The molecular formula is C18H18ClN3O. The summed E-state index contributed by atoms with van der Waals surface area (Å²) in [5.74, 6) is 0.841. The van der Waals surface area contributed by atoms with Crippen LogP contribution >= 0.6 is 11.6 Å². The summed E-state index contributed by atoms with van der Waals surface area (Å²) in [5, 5.41) is 1.12. The van der Waals surface area contributed by atoms with Crippen molar-refractivity contribution in [1.82, 2.24) is 9.97 Å². The van der Waals surface area contributed by atoms with Gasteiger partial charge in [-0.3, -0.25) is 0 Å². The maximum Gasteiger partial charge on any atom is 0.223 e. The average Bonchev–Trinajstić information content (AvgIpc) is 2.59. The van der Waals surface area contributed by atoms with E-state index in [0.717, 1.165) is 34.3 Å². The molecule has 0 fully saturated rings. The molecule has 23 heavy (non-hydrogen) atoms. The van der Waals surface area contributed by atoms with Crippen LogP contribution in [-0.2, 0) is 0 Å². The van der Waals surface area contributed by atoms with Gasteiger partial charge in [-0.2, -0.15) is 0 Å². The van der Waals surface area contributed by atoms with E-state index in [9.17, 15) is 0 Å². The molecule has 1 atom stereocenters. The van der Waals surface area contributed by atoms with Crippen LogP contribution in [0.3, 0.4) is 0 Å². The SMILES string of the molecule is CCCOc1ccc(C(N)c2nc(Cl)nc3ccccc23)cc1. The summed E-state index contributed by atoms with van der Waals surface area (Å²) in [4.78, 5) is 8.59. The lowest BCUT2D eigenvalue weighted by Crippen LogP contribution is -2.14. The summed E-state index contributed by atoms with van der Waals surface area (Å²) in [6.07, 6.45) is 0.979. The van der Waals surface area contributed by atoms with E-state index in [1.54, 1.807) is 0 Å². The number of benzene rings is 2. The zero-order chi connectivity index (χ0) is 16.2. The molecule has 0 aliphatic rings. The van der Waals surface area contributed by atoms with Crippen LogP contribution < -0.4 is 10.5 Å². The Hall–Kier alpha value is -2.17. The molecule has 5 heteroatoms. The van der Waals surface area contributed by atoms with Gasteiger partial charge in [0, 0.05) is 5.39 Å². The van der Waals surface area contributed by atoms with Crippen molar-refractivity contribution in [3.05, 3.63) is 65.1 Å². The molecule has 3 rings (SSSR count). The minimum atomic E-state index is -0.374. The van der Waals surface area contributed by atoms with E-state index >= 15 is 0 Å². The lowest BCUT2D eigenvalue weighted by atomic mass is 10.0. The Balaban J connectivity index is 1.95. The summed E-state index contributed by atoms with van der Waals surface area (Å²) in [6.45, 7) is 2.78. The zero-order valence-electron chi connectivity index (χ0n) is 12.9. The molecule has 4 nitrogen and oxygen atoms in total. The summed E-state index contributed by atoms with van der Waals surface area (Å²) in [6, 6.07) is 15.1. The Morgan fingerprint density at radius 1 is 1.09 bits per heavy atom. The van der Waals surface area contributed by atoms with Gasteiger partial charge in [0.2, 0.25) is 5.28 Å². The fraction of sp³-hybridized carbons (Fsp3) is 0.222.